The Kier molecular flexibility index (Phi) is 6.11. The van der Waals surface area contributed by atoms with Gasteiger partial charge in [0.2, 0.25) is 0 Å². The third-order valence-corrected chi connectivity index (χ3v) is 6.91. The normalized spacial score (nSPS) is 18.9. The van der Waals surface area contributed by atoms with Gasteiger partial charge in [0.05, 0.1) is 22.6 Å². The lowest BCUT2D eigenvalue weighted by atomic mass is 9.76. The molecule has 0 fully saturated rings. The summed E-state index contributed by atoms with van der Waals surface area (Å²) in [6.45, 7) is 4.34. The fraction of sp³-hybridized carbons (Fsp3) is 0.308. The molecule has 3 nitrogen and oxygen atoms in total. The smallest absolute Gasteiger partial charge is 0.161 e. The summed E-state index contributed by atoms with van der Waals surface area (Å²) in [7, 11) is 0. The number of rotatable bonds is 5. The molecule has 0 aromatic heterocycles. The van der Waals surface area contributed by atoms with Gasteiger partial charge in [-0.2, -0.15) is 5.26 Å². The summed E-state index contributed by atoms with van der Waals surface area (Å²) in [6, 6.07) is 21.1. The second kappa shape index (κ2) is 8.93. The van der Waals surface area contributed by atoms with Crippen LogP contribution in [0.25, 0.3) is 0 Å². The van der Waals surface area contributed by atoms with E-state index >= 15 is 0 Å². The summed E-state index contributed by atoms with van der Waals surface area (Å²) < 4.78 is 0. The van der Waals surface area contributed by atoms with E-state index in [9.17, 15) is 10.1 Å². The molecule has 0 spiro atoms. The minimum Gasteiger partial charge on any atom is -0.352 e. The fourth-order valence-corrected chi connectivity index (χ4v) is 5.19. The predicted octanol–water partition coefficient (Wildman–Crippen LogP) is 6.17. The van der Waals surface area contributed by atoms with Gasteiger partial charge in [0.1, 0.15) is 0 Å². The topological polar surface area (TPSA) is 52.9 Å². The number of Topliss-reactive ketones (excluding diaryl/α,β-unsaturated/α-hetero) is 1. The number of carbonyl (C=O) groups excluding carboxylic acids is 1. The maximum Gasteiger partial charge on any atom is 0.161 e. The first-order valence-corrected chi connectivity index (χ1v) is 11.5. The Morgan fingerprint density at radius 3 is 2.50 bits per heavy atom. The number of thioether (sulfide) groups is 1. The van der Waals surface area contributed by atoms with Crippen molar-refractivity contribution in [3.05, 3.63) is 93.2 Å². The van der Waals surface area contributed by atoms with Crippen LogP contribution in [0.4, 0.5) is 0 Å². The van der Waals surface area contributed by atoms with E-state index in [-0.39, 0.29) is 11.7 Å². The zero-order valence-corrected chi connectivity index (χ0v) is 18.3. The third kappa shape index (κ3) is 4.08. The van der Waals surface area contributed by atoms with E-state index in [1.807, 2.05) is 18.2 Å². The van der Waals surface area contributed by atoms with Crippen molar-refractivity contribution >= 4 is 17.5 Å². The number of nitriles is 1. The van der Waals surface area contributed by atoms with Gasteiger partial charge in [0.25, 0.3) is 0 Å². The van der Waals surface area contributed by atoms with Crippen LogP contribution < -0.4 is 5.32 Å². The molecule has 152 valence electrons. The third-order valence-electron chi connectivity index (χ3n) is 5.83. The molecule has 0 saturated carbocycles. The van der Waals surface area contributed by atoms with Crippen LogP contribution in [0.1, 0.15) is 61.6 Å². The van der Waals surface area contributed by atoms with E-state index in [1.165, 1.54) is 11.1 Å². The molecule has 1 N–H and O–H groups in total. The molecule has 1 aliphatic heterocycles. The van der Waals surface area contributed by atoms with Crippen molar-refractivity contribution < 1.29 is 4.79 Å². The van der Waals surface area contributed by atoms with Gasteiger partial charge in [0, 0.05) is 23.4 Å². The highest BCUT2D eigenvalue weighted by molar-refractivity contribution is 8.02. The number of nitrogens with zero attached hydrogens (tertiary/aromatic N) is 1. The van der Waals surface area contributed by atoms with Crippen molar-refractivity contribution in [3.63, 3.8) is 0 Å². The molecule has 1 atom stereocenters. The Balaban J connectivity index is 1.74. The van der Waals surface area contributed by atoms with Crippen molar-refractivity contribution in [1.82, 2.24) is 5.32 Å². The summed E-state index contributed by atoms with van der Waals surface area (Å²) in [6.07, 6.45) is 2.28. The predicted molar refractivity (Wildman–Crippen MR) is 123 cm³/mol. The number of benzene rings is 2. The van der Waals surface area contributed by atoms with Crippen molar-refractivity contribution in [3.8, 4) is 6.07 Å². The number of carbonyl (C=O) groups is 1. The number of hydrogen-bond donors (Lipinski definition) is 1. The molecule has 30 heavy (non-hydrogen) atoms. The SMILES string of the molecule is CC(C)c1ccc(C2C(C#N)=C(SCc3ccccc3)NC3=C2C(=O)CCC3)cc1. The van der Waals surface area contributed by atoms with E-state index in [1.54, 1.807) is 11.8 Å². The minimum absolute atomic E-state index is 0.168. The Hall–Kier alpha value is -2.77. The van der Waals surface area contributed by atoms with Crippen LogP contribution in [-0.4, -0.2) is 5.78 Å². The maximum absolute atomic E-state index is 12.9. The molecule has 0 amide bonds. The second-order valence-electron chi connectivity index (χ2n) is 8.18. The molecule has 0 bridgehead atoms. The zero-order valence-electron chi connectivity index (χ0n) is 17.4. The van der Waals surface area contributed by atoms with Gasteiger partial charge in [-0.15, -0.1) is 11.8 Å². The van der Waals surface area contributed by atoms with Crippen LogP contribution in [0.2, 0.25) is 0 Å². The Labute approximate surface area is 182 Å². The second-order valence-corrected chi connectivity index (χ2v) is 9.16. The van der Waals surface area contributed by atoms with Gasteiger partial charge in [-0.25, -0.2) is 0 Å². The molecule has 2 aliphatic rings. The van der Waals surface area contributed by atoms with Gasteiger partial charge in [-0.1, -0.05) is 68.4 Å². The number of ketones is 1. The van der Waals surface area contributed by atoms with Crippen molar-refractivity contribution in [2.24, 2.45) is 0 Å². The van der Waals surface area contributed by atoms with Crippen LogP contribution in [-0.2, 0) is 10.5 Å². The summed E-state index contributed by atoms with van der Waals surface area (Å²) in [5.41, 5.74) is 5.95. The number of allylic oxidation sites excluding steroid dienone is 3. The Morgan fingerprint density at radius 2 is 1.83 bits per heavy atom. The maximum atomic E-state index is 12.9. The van der Waals surface area contributed by atoms with Crippen LogP contribution in [0, 0.1) is 11.3 Å². The van der Waals surface area contributed by atoms with Gasteiger partial charge in [0.15, 0.2) is 5.78 Å². The first-order chi connectivity index (χ1) is 14.6. The Bertz CT molecular complexity index is 1040. The van der Waals surface area contributed by atoms with Gasteiger partial charge < -0.3 is 5.32 Å². The molecule has 1 aliphatic carbocycles. The summed E-state index contributed by atoms with van der Waals surface area (Å²) in [5.74, 6) is 1.12. The highest BCUT2D eigenvalue weighted by Gasteiger charge is 2.36. The van der Waals surface area contributed by atoms with Gasteiger partial charge in [-0.3, -0.25) is 4.79 Å². The zero-order chi connectivity index (χ0) is 21.1. The largest absolute Gasteiger partial charge is 0.352 e. The number of dihydropyridines is 1. The van der Waals surface area contributed by atoms with Crippen LogP contribution in [0.3, 0.4) is 0 Å². The summed E-state index contributed by atoms with van der Waals surface area (Å²) in [5, 5.41) is 14.5. The van der Waals surface area contributed by atoms with E-state index in [0.717, 1.165) is 40.5 Å². The van der Waals surface area contributed by atoms with E-state index in [0.29, 0.717) is 17.9 Å². The van der Waals surface area contributed by atoms with Crippen LogP contribution in [0.15, 0.2) is 76.5 Å². The van der Waals surface area contributed by atoms with Gasteiger partial charge in [-0.05, 0) is 35.4 Å². The van der Waals surface area contributed by atoms with E-state index < -0.39 is 0 Å². The molecule has 2 aromatic rings. The van der Waals surface area contributed by atoms with Gasteiger partial charge >= 0.3 is 0 Å². The Morgan fingerprint density at radius 1 is 1.10 bits per heavy atom. The van der Waals surface area contributed by atoms with E-state index in [2.05, 4.69) is 61.6 Å². The number of hydrogen-bond acceptors (Lipinski definition) is 4. The minimum atomic E-state index is -0.279. The van der Waals surface area contributed by atoms with Crippen molar-refractivity contribution in [1.29, 1.82) is 5.26 Å². The lowest BCUT2D eigenvalue weighted by Gasteiger charge is -2.33. The molecular weight excluding hydrogens is 388 g/mol. The molecular formula is C26H26N2OS. The lowest BCUT2D eigenvalue weighted by molar-refractivity contribution is -0.116. The molecule has 4 heteroatoms. The molecule has 4 rings (SSSR count). The molecule has 1 heterocycles. The molecule has 0 radical (unpaired) electrons. The summed E-state index contributed by atoms with van der Waals surface area (Å²) >= 11 is 1.65. The first-order valence-electron chi connectivity index (χ1n) is 10.5. The van der Waals surface area contributed by atoms with E-state index in [4.69, 9.17) is 0 Å². The standard InChI is InChI=1S/C26H26N2OS/c1-17(2)19-11-13-20(14-12-19)24-21(15-27)26(30-16-18-7-4-3-5-8-18)28-22-9-6-10-23(29)25(22)24/h3-5,7-8,11-14,17,24,28H,6,9-10,16H2,1-2H3. The molecule has 0 saturated heterocycles. The highest BCUT2D eigenvalue weighted by Crippen LogP contribution is 2.44. The van der Waals surface area contributed by atoms with Crippen molar-refractivity contribution in [2.75, 3.05) is 0 Å². The van der Waals surface area contributed by atoms with Crippen molar-refractivity contribution in [2.45, 2.75) is 50.7 Å². The average molecular weight is 415 g/mol. The average Bonchev–Trinajstić information content (AvgIpc) is 2.77. The van der Waals surface area contributed by atoms with Crippen LogP contribution >= 0.6 is 11.8 Å². The van der Waals surface area contributed by atoms with Crippen LogP contribution in [0.5, 0.6) is 0 Å². The fourth-order valence-electron chi connectivity index (χ4n) is 4.17. The lowest BCUT2D eigenvalue weighted by Crippen LogP contribution is -2.31. The highest BCUT2D eigenvalue weighted by atomic mass is 32.2. The number of nitrogens with one attached hydrogen (secondary N) is 1. The monoisotopic (exact) mass is 414 g/mol. The summed E-state index contributed by atoms with van der Waals surface area (Å²) in [4.78, 5) is 12.9. The molecule has 1 unspecified atom stereocenters. The first kappa shape index (κ1) is 20.5. The molecule has 2 aromatic carbocycles. The quantitative estimate of drug-likeness (QED) is 0.635.